The lowest BCUT2D eigenvalue weighted by atomic mass is 9.34. The molecule has 11 rings (SSSR count). The molecule has 0 atom stereocenters. The van der Waals surface area contributed by atoms with Crippen molar-refractivity contribution >= 4 is 88.3 Å². The van der Waals surface area contributed by atoms with Gasteiger partial charge in [-0.05, 0) is 39.3 Å². The maximum absolute atomic E-state index is 2.60. The average Bonchev–Trinajstić information content (AvgIpc) is 3.56. The predicted octanol–water partition coefficient (Wildman–Crippen LogP) is 7.33. The minimum absolute atomic E-state index is 0.164. The number of hydrogen-bond acceptors (Lipinski definition) is 0. The zero-order chi connectivity index (χ0) is 26.4. The zero-order valence-electron chi connectivity index (χ0n) is 22.1. The molecule has 0 unspecified atom stereocenters. The highest BCUT2D eigenvalue weighted by molar-refractivity contribution is 7.00. The molecule has 9 aromatic rings. The Labute approximate surface area is 235 Å². The van der Waals surface area contributed by atoms with E-state index in [1.54, 1.807) is 0 Å². The molecule has 0 amide bonds. The highest BCUT2D eigenvalue weighted by Crippen LogP contribution is 2.42. The fourth-order valence-corrected chi connectivity index (χ4v) is 8.36. The molecule has 0 radical (unpaired) electrons. The lowest BCUT2D eigenvalue weighted by molar-refractivity contribution is 1.16. The van der Waals surface area contributed by atoms with E-state index in [1.165, 1.54) is 92.9 Å². The van der Waals surface area contributed by atoms with E-state index in [1.807, 2.05) is 0 Å². The van der Waals surface area contributed by atoms with Crippen molar-refractivity contribution in [3.8, 4) is 11.4 Å². The van der Waals surface area contributed by atoms with Crippen LogP contribution < -0.4 is 16.4 Å². The molecule has 0 saturated heterocycles. The smallest absolute Gasteiger partial charge is 0.252 e. The Morgan fingerprint density at radius 3 is 1.85 bits per heavy atom. The van der Waals surface area contributed by atoms with Gasteiger partial charge < -0.3 is 9.13 Å². The lowest BCUT2D eigenvalue weighted by Crippen LogP contribution is -2.59. The van der Waals surface area contributed by atoms with Crippen LogP contribution in [0.15, 0.2) is 127 Å². The van der Waals surface area contributed by atoms with Crippen molar-refractivity contribution in [3.05, 3.63) is 127 Å². The number of nitrogens with zero attached hydrogens (tertiary/aromatic N) is 2. The molecule has 0 aliphatic carbocycles. The summed E-state index contributed by atoms with van der Waals surface area (Å²) in [6, 6.07) is 47.7. The molecule has 2 aliphatic rings. The van der Waals surface area contributed by atoms with E-state index in [2.05, 4.69) is 137 Å². The summed E-state index contributed by atoms with van der Waals surface area (Å²) in [5.41, 5.74) is 12.1. The maximum Gasteiger partial charge on any atom is 0.252 e. The van der Waals surface area contributed by atoms with Crippen LogP contribution in [0.1, 0.15) is 0 Å². The van der Waals surface area contributed by atoms with Gasteiger partial charge in [-0.1, -0.05) is 115 Å². The maximum atomic E-state index is 2.60. The molecule has 186 valence electrons. The van der Waals surface area contributed by atoms with Crippen LogP contribution in [0.4, 0.5) is 0 Å². The minimum atomic E-state index is 0.164. The number of hydrogen-bond donors (Lipinski definition) is 0. The normalized spacial score (nSPS) is 13.3. The van der Waals surface area contributed by atoms with E-state index in [0.29, 0.717) is 0 Å². The molecule has 0 N–H and O–H groups in total. The average molecular weight is 516 g/mol. The Morgan fingerprint density at radius 2 is 1.02 bits per heavy atom. The van der Waals surface area contributed by atoms with E-state index in [9.17, 15) is 0 Å². The molecule has 2 aromatic heterocycles. The van der Waals surface area contributed by atoms with Gasteiger partial charge in [0.2, 0.25) is 0 Å². The van der Waals surface area contributed by atoms with Crippen LogP contribution in [0.25, 0.3) is 76.5 Å². The van der Waals surface area contributed by atoms with E-state index in [4.69, 9.17) is 0 Å². The number of rotatable bonds is 0. The van der Waals surface area contributed by atoms with Crippen LogP contribution in [-0.4, -0.2) is 15.8 Å². The minimum Gasteiger partial charge on any atom is -0.310 e. The van der Waals surface area contributed by atoms with Gasteiger partial charge in [0.25, 0.3) is 6.71 Å². The third-order valence-electron chi connectivity index (χ3n) is 9.85. The van der Waals surface area contributed by atoms with Gasteiger partial charge in [0.05, 0.1) is 16.7 Å². The van der Waals surface area contributed by atoms with Gasteiger partial charge in [0.15, 0.2) is 0 Å². The summed E-state index contributed by atoms with van der Waals surface area (Å²) >= 11 is 0. The van der Waals surface area contributed by atoms with Gasteiger partial charge >= 0.3 is 0 Å². The fourth-order valence-electron chi connectivity index (χ4n) is 8.36. The molecule has 4 heterocycles. The fraction of sp³-hybridized carbons (Fsp3) is 0. The van der Waals surface area contributed by atoms with Crippen LogP contribution in [0, 0.1) is 0 Å². The highest BCUT2D eigenvalue weighted by atomic mass is 15.0. The quantitative estimate of drug-likeness (QED) is 0.187. The molecule has 3 heteroatoms. The Balaban J connectivity index is 1.48. The van der Waals surface area contributed by atoms with E-state index in [0.717, 1.165) is 0 Å². The van der Waals surface area contributed by atoms with Crippen molar-refractivity contribution in [2.75, 3.05) is 0 Å². The third-order valence-corrected chi connectivity index (χ3v) is 9.85. The molecule has 41 heavy (non-hydrogen) atoms. The van der Waals surface area contributed by atoms with Crippen molar-refractivity contribution in [3.63, 3.8) is 0 Å². The largest absolute Gasteiger partial charge is 0.310 e. The van der Waals surface area contributed by atoms with Crippen LogP contribution in [-0.2, 0) is 0 Å². The first kappa shape index (κ1) is 20.6. The molecule has 2 nitrogen and oxygen atoms in total. The Bertz CT molecular complexity index is 2650. The number of fused-ring (bicyclic) bond motifs is 14. The van der Waals surface area contributed by atoms with Gasteiger partial charge in [-0.3, -0.25) is 0 Å². The summed E-state index contributed by atoms with van der Waals surface area (Å²) in [7, 11) is 0. The summed E-state index contributed by atoms with van der Waals surface area (Å²) in [5.74, 6) is 0. The molecule has 2 aliphatic heterocycles. The molecular formula is C38H21BN2. The SMILES string of the molecule is c1ccc2c3c4c(cc2c1)-n1c2c(cccc2c2ccc5ccccc5c21)B4c1cccc2c4ccccc4n-3c12. The van der Waals surface area contributed by atoms with Crippen molar-refractivity contribution in [1.29, 1.82) is 0 Å². The van der Waals surface area contributed by atoms with Crippen molar-refractivity contribution in [1.82, 2.24) is 9.13 Å². The molecule has 0 saturated carbocycles. The summed E-state index contributed by atoms with van der Waals surface area (Å²) in [4.78, 5) is 0. The lowest BCUT2D eigenvalue weighted by Gasteiger charge is -2.34. The number of benzene rings is 7. The van der Waals surface area contributed by atoms with Crippen LogP contribution in [0.3, 0.4) is 0 Å². The second-order valence-corrected chi connectivity index (χ2v) is 11.7. The molecular weight excluding hydrogens is 495 g/mol. The van der Waals surface area contributed by atoms with Crippen molar-refractivity contribution in [2.45, 2.75) is 0 Å². The van der Waals surface area contributed by atoms with Gasteiger partial charge in [-0.25, -0.2) is 0 Å². The molecule has 0 bridgehead atoms. The van der Waals surface area contributed by atoms with Crippen molar-refractivity contribution in [2.24, 2.45) is 0 Å². The first-order valence-corrected chi connectivity index (χ1v) is 14.4. The van der Waals surface area contributed by atoms with E-state index >= 15 is 0 Å². The van der Waals surface area contributed by atoms with E-state index < -0.39 is 0 Å². The third kappa shape index (κ3) is 2.24. The standard InChI is InChI=1S/C38H21BN2/c1-3-11-24-22(9-1)19-20-29-28-15-8-17-31-37(28)41(35(24)29)33-21-23-10-2-4-12-25(23)38-34(33)39(31)30-16-7-14-27-26-13-5-6-18-32(26)40(38)36(27)30/h1-21H. The molecule has 0 spiro atoms. The summed E-state index contributed by atoms with van der Waals surface area (Å²) in [6.45, 7) is 0.164. The number of aromatic nitrogens is 2. The predicted molar refractivity (Wildman–Crippen MR) is 175 cm³/mol. The second kappa shape index (κ2) is 6.89. The number of para-hydroxylation sites is 3. The van der Waals surface area contributed by atoms with Crippen molar-refractivity contribution < 1.29 is 0 Å². The zero-order valence-corrected chi connectivity index (χ0v) is 22.1. The first-order chi connectivity index (χ1) is 20.4. The molecule has 7 aromatic carbocycles. The second-order valence-electron chi connectivity index (χ2n) is 11.7. The van der Waals surface area contributed by atoms with E-state index in [-0.39, 0.29) is 6.71 Å². The highest BCUT2D eigenvalue weighted by Gasteiger charge is 2.41. The van der Waals surface area contributed by atoms with Crippen LogP contribution in [0.5, 0.6) is 0 Å². The Morgan fingerprint density at radius 1 is 0.415 bits per heavy atom. The molecule has 0 fully saturated rings. The van der Waals surface area contributed by atoms with Gasteiger partial charge in [0, 0.05) is 49.0 Å². The van der Waals surface area contributed by atoms with Gasteiger partial charge in [-0.2, -0.15) is 0 Å². The summed E-state index contributed by atoms with van der Waals surface area (Å²) in [6.07, 6.45) is 0. The Kier molecular flexibility index (Phi) is 3.46. The Hall–Kier alpha value is -5.28. The van der Waals surface area contributed by atoms with Gasteiger partial charge in [0.1, 0.15) is 0 Å². The van der Waals surface area contributed by atoms with Gasteiger partial charge in [-0.15, -0.1) is 0 Å². The summed E-state index contributed by atoms with van der Waals surface area (Å²) < 4.78 is 5.17. The summed E-state index contributed by atoms with van der Waals surface area (Å²) in [5, 5.41) is 10.5. The monoisotopic (exact) mass is 516 g/mol. The van der Waals surface area contributed by atoms with Crippen LogP contribution >= 0.6 is 0 Å². The van der Waals surface area contributed by atoms with Crippen LogP contribution in [0.2, 0.25) is 0 Å². The first-order valence-electron chi connectivity index (χ1n) is 14.4. The topological polar surface area (TPSA) is 9.86 Å².